The Kier molecular flexibility index (Phi) is 6.35. The largest absolute Gasteiger partial charge is 0.326 e. The molecule has 21 heavy (non-hydrogen) atoms. The minimum atomic E-state index is 0.200. The van der Waals surface area contributed by atoms with E-state index in [0.717, 1.165) is 12.2 Å². The molecule has 0 aliphatic rings. The summed E-state index contributed by atoms with van der Waals surface area (Å²) in [4.78, 5) is 1.37. The molecule has 2 unspecified atom stereocenters. The van der Waals surface area contributed by atoms with Crippen molar-refractivity contribution in [2.45, 2.75) is 44.2 Å². The number of aryl methyl sites for hydroxylation is 2. The van der Waals surface area contributed by atoms with E-state index in [2.05, 4.69) is 67.0 Å². The van der Waals surface area contributed by atoms with Crippen molar-refractivity contribution in [2.24, 2.45) is 5.73 Å². The van der Waals surface area contributed by atoms with Crippen LogP contribution in [0.3, 0.4) is 0 Å². The van der Waals surface area contributed by atoms with Gasteiger partial charge in [-0.1, -0.05) is 36.2 Å². The van der Waals surface area contributed by atoms with Gasteiger partial charge in [-0.25, -0.2) is 0 Å². The van der Waals surface area contributed by atoms with E-state index in [9.17, 15) is 0 Å². The molecule has 2 rings (SSSR count). The fraction of sp³-hybridized carbons (Fsp3) is 0.412. The summed E-state index contributed by atoms with van der Waals surface area (Å²) in [6.07, 6.45) is 1.00. The topological polar surface area (TPSA) is 26.0 Å². The van der Waals surface area contributed by atoms with Crippen LogP contribution in [0.5, 0.6) is 0 Å². The molecule has 2 N–H and O–H groups in total. The molecule has 114 valence electrons. The quantitative estimate of drug-likeness (QED) is 0.677. The second-order valence-corrected chi connectivity index (χ2v) is 9.07. The first-order valence-electron chi connectivity index (χ1n) is 7.19. The van der Waals surface area contributed by atoms with Crippen LogP contribution >= 0.6 is 39.0 Å². The molecule has 1 aromatic carbocycles. The van der Waals surface area contributed by atoms with Crippen molar-refractivity contribution < 1.29 is 0 Å². The molecule has 0 saturated carbocycles. The highest BCUT2D eigenvalue weighted by molar-refractivity contribution is 9.11. The molecule has 0 bridgehead atoms. The number of benzene rings is 1. The van der Waals surface area contributed by atoms with Gasteiger partial charge in [-0.2, -0.15) is 0 Å². The second-order valence-electron chi connectivity index (χ2n) is 5.44. The van der Waals surface area contributed by atoms with Gasteiger partial charge in [0.25, 0.3) is 0 Å². The maximum absolute atomic E-state index is 6.35. The fourth-order valence-corrected chi connectivity index (χ4v) is 5.50. The van der Waals surface area contributed by atoms with E-state index < -0.39 is 0 Å². The first-order chi connectivity index (χ1) is 9.99. The summed E-state index contributed by atoms with van der Waals surface area (Å²) in [7, 11) is 0. The smallest absolute Gasteiger partial charge is 0.0701 e. The number of nitrogens with two attached hydrogens (primary N) is 1. The lowest BCUT2D eigenvalue weighted by Crippen LogP contribution is -2.25. The van der Waals surface area contributed by atoms with Crippen LogP contribution in [0.25, 0.3) is 0 Å². The molecule has 2 aromatic rings. The molecule has 1 nitrogen and oxygen atoms in total. The zero-order valence-corrected chi connectivity index (χ0v) is 15.9. The van der Waals surface area contributed by atoms with Crippen molar-refractivity contribution in [1.82, 2.24) is 0 Å². The Morgan fingerprint density at radius 2 is 1.86 bits per heavy atom. The average Bonchev–Trinajstić information content (AvgIpc) is 2.84. The molecule has 4 heteroatoms. The Balaban J connectivity index is 2.12. The third-order valence-electron chi connectivity index (χ3n) is 3.45. The summed E-state index contributed by atoms with van der Waals surface area (Å²) < 4.78 is 1.18. The van der Waals surface area contributed by atoms with E-state index in [-0.39, 0.29) is 6.04 Å². The Morgan fingerprint density at radius 3 is 2.38 bits per heavy atom. The van der Waals surface area contributed by atoms with Crippen LogP contribution < -0.4 is 5.73 Å². The summed E-state index contributed by atoms with van der Waals surface area (Å²) in [5, 5.41) is 0.368. The van der Waals surface area contributed by atoms with Gasteiger partial charge in [-0.3, -0.25) is 0 Å². The molecule has 0 aliphatic heterocycles. The van der Waals surface area contributed by atoms with Crippen molar-refractivity contribution >= 4 is 39.0 Å². The molecule has 1 heterocycles. The standard InChI is InChI=1S/C17H22BrNS2/c1-4-14(19)17(15-5-6-16(18)21-15)20-10-13-8-11(2)7-12(3)9-13/h5-9,14,17H,4,10,19H2,1-3H3. The van der Waals surface area contributed by atoms with Crippen molar-refractivity contribution in [3.05, 3.63) is 55.7 Å². The van der Waals surface area contributed by atoms with Gasteiger partial charge in [0.2, 0.25) is 0 Å². The molecular weight excluding hydrogens is 362 g/mol. The first-order valence-corrected chi connectivity index (χ1v) is 9.85. The predicted octanol–water partition coefficient (Wildman–Crippen LogP) is 5.84. The number of thiophene rings is 1. The zero-order valence-electron chi connectivity index (χ0n) is 12.7. The van der Waals surface area contributed by atoms with Crippen LogP contribution in [0.15, 0.2) is 34.1 Å². The van der Waals surface area contributed by atoms with Gasteiger partial charge in [-0.05, 0) is 53.9 Å². The van der Waals surface area contributed by atoms with Crippen LogP contribution in [0.2, 0.25) is 0 Å². The summed E-state index contributed by atoms with van der Waals surface area (Å²) in [6.45, 7) is 6.48. The second kappa shape index (κ2) is 7.82. The van der Waals surface area contributed by atoms with Gasteiger partial charge in [0.1, 0.15) is 0 Å². The maximum atomic E-state index is 6.35. The summed E-state index contributed by atoms with van der Waals surface area (Å²) in [5.74, 6) is 1.01. The number of thioether (sulfide) groups is 1. The van der Waals surface area contributed by atoms with Crippen LogP contribution in [-0.4, -0.2) is 6.04 Å². The van der Waals surface area contributed by atoms with E-state index in [4.69, 9.17) is 5.73 Å². The fourth-order valence-electron chi connectivity index (χ4n) is 2.45. The minimum Gasteiger partial charge on any atom is -0.326 e. The van der Waals surface area contributed by atoms with Crippen molar-refractivity contribution in [1.29, 1.82) is 0 Å². The summed E-state index contributed by atoms with van der Waals surface area (Å²) in [6, 6.07) is 11.3. The lowest BCUT2D eigenvalue weighted by Gasteiger charge is -2.21. The van der Waals surface area contributed by atoms with Crippen LogP contribution in [-0.2, 0) is 5.75 Å². The zero-order chi connectivity index (χ0) is 15.4. The molecule has 0 aliphatic carbocycles. The third kappa shape index (κ3) is 4.85. The van der Waals surface area contributed by atoms with Crippen molar-refractivity contribution in [3.8, 4) is 0 Å². The van der Waals surface area contributed by atoms with Crippen LogP contribution in [0.1, 0.15) is 40.2 Å². The van der Waals surface area contributed by atoms with Crippen molar-refractivity contribution in [2.75, 3.05) is 0 Å². The van der Waals surface area contributed by atoms with Crippen LogP contribution in [0, 0.1) is 13.8 Å². The van der Waals surface area contributed by atoms with Gasteiger partial charge < -0.3 is 5.73 Å². The van der Waals surface area contributed by atoms with Gasteiger partial charge in [-0.15, -0.1) is 23.1 Å². The van der Waals surface area contributed by atoms with Gasteiger partial charge in [0.05, 0.1) is 9.04 Å². The normalized spacial score (nSPS) is 14.1. The minimum absolute atomic E-state index is 0.200. The van der Waals surface area contributed by atoms with E-state index in [1.54, 1.807) is 11.3 Å². The number of halogens is 1. The van der Waals surface area contributed by atoms with Crippen molar-refractivity contribution in [3.63, 3.8) is 0 Å². The molecule has 0 fully saturated rings. The SMILES string of the molecule is CCC(N)C(SCc1cc(C)cc(C)c1)c1ccc(Br)s1. The summed E-state index contributed by atoms with van der Waals surface area (Å²) in [5.41, 5.74) is 10.4. The lowest BCUT2D eigenvalue weighted by molar-refractivity contribution is 0.640. The molecule has 1 aromatic heterocycles. The number of hydrogen-bond acceptors (Lipinski definition) is 3. The highest BCUT2D eigenvalue weighted by Gasteiger charge is 2.21. The highest BCUT2D eigenvalue weighted by atomic mass is 79.9. The van der Waals surface area contributed by atoms with E-state index in [0.29, 0.717) is 5.25 Å². The summed E-state index contributed by atoms with van der Waals surface area (Å²) >= 11 is 7.31. The van der Waals surface area contributed by atoms with E-state index >= 15 is 0 Å². The molecule has 0 spiro atoms. The average molecular weight is 384 g/mol. The number of rotatable bonds is 6. The Morgan fingerprint density at radius 1 is 1.19 bits per heavy atom. The van der Waals surface area contributed by atoms with Gasteiger partial charge in [0.15, 0.2) is 0 Å². The first kappa shape index (κ1) is 17.1. The monoisotopic (exact) mass is 383 g/mol. The molecular formula is C17H22BrNS2. The third-order valence-corrected chi connectivity index (χ3v) is 6.76. The van der Waals surface area contributed by atoms with Crippen LogP contribution in [0.4, 0.5) is 0 Å². The lowest BCUT2D eigenvalue weighted by atomic mass is 10.1. The Labute approximate surface area is 144 Å². The molecule has 2 atom stereocenters. The highest BCUT2D eigenvalue weighted by Crippen LogP contribution is 2.39. The maximum Gasteiger partial charge on any atom is 0.0701 e. The van der Waals surface area contributed by atoms with Gasteiger partial charge in [0, 0.05) is 16.7 Å². The van der Waals surface area contributed by atoms with E-state index in [1.165, 1.54) is 25.4 Å². The molecule has 0 radical (unpaired) electrons. The molecule has 0 amide bonds. The Hall–Kier alpha value is -0.290. The van der Waals surface area contributed by atoms with Gasteiger partial charge >= 0.3 is 0 Å². The number of hydrogen-bond donors (Lipinski definition) is 1. The predicted molar refractivity (Wildman–Crippen MR) is 100 cm³/mol. The van der Waals surface area contributed by atoms with E-state index in [1.807, 2.05) is 11.8 Å². The Bertz CT molecular complexity index is 574. The molecule has 0 saturated heterocycles.